The predicted molar refractivity (Wildman–Crippen MR) is 75.4 cm³/mol. The van der Waals surface area contributed by atoms with Gasteiger partial charge in [0.15, 0.2) is 5.96 Å². The quantitative estimate of drug-likeness (QED) is 0.597. The standard InChI is InChI=1S/C14H22N4/c15-14(16)17-10-13-7-9-18(11-13)8-6-12-4-2-1-3-5-12/h1-5,13H,6-11H2,(H4,15,16,17). The van der Waals surface area contributed by atoms with Gasteiger partial charge in [0.2, 0.25) is 0 Å². The van der Waals surface area contributed by atoms with Gasteiger partial charge in [-0.1, -0.05) is 30.3 Å². The summed E-state index contributed by atoms with van der Waals surface area (Å²) in [4.78, 5) is 6.60. The molecule has 1 aromatic rings. The van der Waals surface area contributed by atoms with Gasteiger partial charge in [0.05, 0.1) is 0 Å². The van der Waals surface area contributed by atoms with Crippen LogP contribution >= 0.6 is 0 Å². The van der Waals surface area contributed by atoms with Crippen LogP contribution in [0.1, 0.15) is 12.0 Å². The maximum absolute atomic E-state index is 5.35. The first kappa shape index (κ1) is 12.9. The summed E-state index contributed by atoms with van der Waals surface area (Å²) in [5.74, 6) is 0.820. The van der Waals surface area contributed by atoms with Crippen molar-refractivity contribution in [3.8, 4) is 0 Å². The lowest BCUT2D eigenvalue weighted by atomic mass is 10.1. The van der Waals surface area contributed by atoms with Gasteiger partial charge in [-0.2, -0.15) is 0 Å². The topological polar surface area (TPSA) is 67.6 Å². The highest BCUT2D eigenvalue weighted by molar-refractivity contribution is 5.75. The van der Waals surface area contributed by atoms with E-state index in [0.29, 0.717) is 5.92 Å². The van der Waals surface area contributed by atoms with E-state index in [1.165, 1.54) is 12.0 Å². The summed E-state index contributed by atoms with van der Waals surface area (Å²) >= 11 is 0. The maximum Gasteiger partial charge on any atom is 0.185 e. The van der Waals surface area contributed by atoms with Gasteiger partial charge in [0, 0.05) is 19.6 Å². The Balaban J connectivity index is 1.71. The lowest BCUT2D eigenvalue weighted by molar-refractivity contribution is 0.330. The smallest absolute Gasteiger partial charge is 0.185 e. The lowest BCUT2D eigenvalue weighted by Crippen LogP contribution is -2.26. The molecular formula is C14H22N4. The van der Waals surface area contributed by atoms with Crippen molar-refractivity contribution in [3.63, 3.8) is 0 Å². The second-order valence-electron chi connectivity index (χ2n) is 4.96. The summed E-state index contributed by atoms with van der Waals surface area (Å²) in [5, 5.41) is 0. The van der Waals surface area contributed by atoms with E-state index in [0.717, 1.165) is 32.6 Å². The fraction of sp³-hybridized carbons (Fsp3) is 0.500. The molecule has 1 atom stereocenters. The number of aliphatic imine (C=N–C) groups is 1. The number of nitrogens with zero attached hydrogens (tertiary/aromatic N) is 2. The highest BCUT2D eigenvalue weighted by Gasteiger charge is 2.21. The molecule has 1 heterocycles. The average Bonchev–Trinajstić information content (AvgIpc) is 2.83. The predicted octanol–water partition coefficient (Wildman–Crippen LogP) is 0.824. The van der Waals surface area contributed by atoms with Gasteiger partial charge in [-0.15, -0.1) is 0 Å². The zero-order chi connectivity index (χ0) is 12.8. The highest BCUT2D eigenvalue weighted by Crippen LogP contribution is 2.16. The second-order valence-corrected chi connectivity index (χ2v) is 4.96. The molecule has 18 heavy (non-hydrogen) atoms. The van der Waals surface area contributed by atoms with Crippen LogP contribution in [-0.2, 0) is 6.42 Å². The molecule has 1 fully saturated rings. The third-order valence-corrected chi connectivity index (χ3v) is 3.46. The van der Waals surface area contributed by atoms with Crippen molar-refractivity contribution >= 4 is 5.96 Å². The van der Waals surface area contributed by atoms with E-state index in [4.69, 9.17) is 11.5 Å². The normalized spacial score (nSPS) is 19.9. The zero-order valence-electron chi connectivity index (χ0n) is 10.8. The average molecular weight is 246 g/mol. The van der Waals surface area contributed by atoms with E-state index in [-0.39, 0.29) is 5.96 Å². The molecule has 1 aliphatic heterocycles. The SMILES string of the molecule is NC(N)=NCC1CCN(CCc2ccccc2)C1. The Kier molecular flexibility index (Phi) is 4.59. The molecule has 0 radical (unpaired) electrons. The molecule has 0 amide bonds. The van der Waals surface area contributed by atoms with Crippen LogP contribution in [0.3, 0.4) is 0 Å². The van der Waals surface area contributed by atoms with Crippen LogP contribution < -0.4 is 11.5 Å². The molecule has 4 heteroatoms. The summed E-state index contributed by atoms with van der Waals surface area (Å²) in [5.41, 5.74) is 12.1. The van der Waals surface area contributed by atoms with E-state index in [1.54, 1.807) is 0 Å². The Morgan fingerprint density at radius 3 is 2.78 bits per heavy atom. The van der Waals surface area contributed by atoms with Crippen LogP contribution in [-0.4, -0.2) is 37.0 Å². The Bertz CT molecular complexity index is 384. The summed E-state index contributed by atoms with van der Waals surface area (Å²) in [6.07, 6.45) is 2.32. The van der Waals surface area contributed by atoms with E-state index in [9.17, 15) is 0 Å². The molecule has 0 aliphatic carbocycles. The molecule has 0 bridgehead atoms. The molecular weight excluding hydrogens is 224 g/mol. The fourth-order valence-corrected chi connectivity index (χ4v) is 2.43. The Labute approximate surface area is 109 Å². The van der Waals surface area contributed by atoms with Crippen molar-refractivity contribution in [2.75, 3.05) is 26.2 Å². The van der Waals surface area contributed by atoms with Crippen molar-refractivity contribution in [3.05, 3.63) is 35.9 Å². The van der Waals surface area contributed by atoms with Crippen molar-refractivity contribution in [2.24, 2.45) is 22.4 Å². The largest absolute Gasteiger partial charge is 0.370 e. The maximum atomic E-state index is 5.35. The Morgan fingerprint density at radius 1 is 1.28 bits per heavy atom. The van der Waals surface area contributed by atoms with Crippen molar-refractivity contribution in [2.45, 2.75) is 12.8 Å². The Hall–Kier alpha value is -1.55. The zero-order valence-corrected chi connectivity index (χ0v) is 10.8. The minimum atomic E-state index is 0.206. The molecule has 1 saturated heterocycles. The van der Waals surface area contributed by atoms with Crippen LogP contribution in [0.25, 0.3) is 0 Å². The first-order valence-electron chi connectivity index (χ1n) is 6.55. The molecule has 2 rings (SSSR count). The molecule has 0 aromatic heterocycles. The fourth-order valence-electron chi connectivity index (χ4n) is 2.43. The number of rotatable bonds is 5. The van der Waals surface area contributed by atoms with E-state index in [2.05, 4.69) is 40.2 Å². The lowest BCUT2D eigenvalue weighted by Gasteiger charge is -2.15. The first-order valence-corrected chi connectivity index (χ1v) is 6.55. The number of nitrogens with two attached hydrogens (primary N) is 2. The minimum Gasteiger partial charge on any atom is -0.370 e. The van der Waals surface area contributed by atoms with E-state index < -0.39 is 0 Å². The third-order valence-electron chi connectivity index (χ3n) is 3.46. The number of hydrogen-bond acceptors (Lipinski definition) is 2. The van der Waals surface area contributed by atoms with Gasteiger partial charge in [0.25, 0.3) is 0 Å². The number of likely N-dealkylation sites (tertiary alicyclic amines) is 1. The van der Waals surface area contributed by atoms with E-state index >= 15 is 0 Å². The van der Waals surface area contributed by atoms with Crippen LogP contribution in [0, 0.1) is 5.92 Å². The van der Waals surface area contributed by atoms with Gasteiger partial charge in [0.1, 0.15) is 0 Å². The monoisotopic (exact) mass is 246 g/mol. The van der Waals surface area contributed by atoms with Crippen LogP contribution in [0.2, 0.25) is 0 Å². The van der Waals surface area contributed by atoms with Crippen LogP contribution in [0.5, 0.6) is 0 Å². The van der Waals surface area contributed by atoms with Gasteiger partial charge in [-0.25, -0.2) is 0 Å². The molecule has 4 N–H and O–H groups in total. The van der Waals surface area contributed by atoms with E-state index in [1.807, 2.05) is 0 Å². The third kappa shape index (κ3) is 4.04. The van der Waals surface area contributed by atoms with Crippen LogP contribution in [0.15, 0.2) is 35.3 Å². The van der Waals surface area contributed by atoms with Gasteiger partial charge < -0.3 is 16.4 Å². The summed E-state index contributed by atoms with van der Waals surface area (Å²) in [6, 6.07) is 10.6. The van der Waals surface area contributed by atoms with Gasteiger partial charge in [-0.3, -0.25) is 4.99 Å². The molecule has 4 nitrogen and oxygen atoms in total. The Morgan fingerprint density at radius 2 is 2.06 bits per heavy atom. The molecule has 0 saturated carbocycles. The first-order chi connectivity index (χ1) is 8.74. The van der Waals surface area contributed by atoms with Crippen molar-refractivity contribution in [1.29, 1.82) is 0 Å². The molecule has 1 aromatic carbocycles. The summed E-state index contributed by atoms with van der Waals surface area (Å²) < 4.78 is 0. The summed E-state index contributed by atoms with van der Waals surface area (Å²) in [6.45, 7) is 4.17. The van der Waals surface area contributed by atoms with Crippen LogP contribution in [0.4, 0.5) is 0 Å². The second kappa shape index (κ2) is 6.40. The van der Waals surface area contributed by atoms with Gasteiger partial charge >= 0.3 is 0 Å². The number of hydrogen-bond donors (Lipinski definition) is 2. The highest BCUT2D eigenvalue weighted by atomic mass is 15.1. The number of benzene rings is 1. The van der Waals surface area contributed by atoms with Gasteiger partial charge in [-0.05, 0) is 30.9 Å². The molecule has 98 valence electrons. The minimum absolute atomic E-state index is 0.206. The van der Waals surface area contributed by atoms with Crippen molar-refractivity contribution < 1.29 is 0 Å². The summed E-state index contributed by atoms with van der Waals surface area (Å²) in [7, 11) is 0. The van der Waals surface area contributed by atoms with Crippen molar-refractivity contribution in [1.82, 2.24) is 4.90 Å². The molecule has 1 aliphatic rings. The molecule has 1 unspecified atom stereocenters. The number of guanidine groups is 1. The molecule has 0 spiro atoms.